The molecule has 4 heteroatoms. The lowest BCUT2D eigenvalue weighted by Crippen LogP contribution is -2.45. The molecule has 1 aliphatic rings. The van der Waals surface area contributed by atoms with Crippen LogP contribution >= 0.6 is 11.6 Å². The average molecular weight is 297 g/mol. The number of nitrogens with zero attached hydrogens (tertiary/aromatic N) is 1. The lowest BCUT2D eigenvalue weighted by Gasteiger charge is -2.37. The first-order valence-corrected chi connectivity index (χ1v) is 7.75. The Hall–Kier alpha value is -0.770. The summed E-state index contributed by atoms with van der Waals surface area (Å²) in [5.74, 6) is 0. The molecule has 0 aliphatic carbocycles. The van der Waals surface area contributed by atoms with Crippen LogP contribution in [0.25, 0.3) is 0 Å². The Bertz CT molecular complexity index is 440. The van der Waals surface area contributed by atoms with Gasteiger partial charge < -0.3 is 15.0 Å². The molecular weight excluding hydrogens is 272 g/mol. The van der Waals surface area contributed by atoms with E-state index in [-0.39, 0.29) is 12.2 Å². The van der Waals surface area contributed by atoms with E-state index in [4.69, 9.17) is 16.3 Å². The Kier molecular flexibility index (Phi) is 5.30. The average Bonchev–Trinajstić information content (AvgIpc) is 2.35. The summed E-state index contributed by atoms with van der Waals surface area (Å²) in [4.78, 5) is 2.32. The summed E-state index contributed by atoms with van der Waals surface area (Å²) in [6, 6.07) is 6.83. The van der Waals surface area contributed by atoms with Gasteiger partial charge in [-0.3, -0.25) is 0 Å². The second kappa shape index (κ2) is 6.79. The highest BCUT2D eigenvalue weighted by atomic mass is 35.5. The van der Waals surface area contributed by atoms with Crippen molar-refractivity contribution in [2.45, 2.75) is 52.5 Å². The van der Waals surface area contributed by atoms with Crippen molar-refractivity contribution in [2.75, 3.05) is 18.0 Å². The molecule has 0 spiro atoms. The zero-order valence-corrected chi connectivity index (χ0v) is 13.6. The van der Waals surface area contributed by atoms with Gasteiger partial charge in [-0.05, 0) is 31.5 Å². The Morgan fingerprint density at radius 1 is 1.30 bits per heavy atom. The van der Waals surface area contributed by atoms with E-state index in [9.17, 15) is 0 Å². The van der Waals surface area contributed by atoms with E-state index in [0.29, 0.717) is 6.04 Å². The molecule has 0 aromatic heterocycles. The molecule has 2 atom stereocenters. The van der Waals surface area contributed by atoms with Crippen LogP contribution in [-0.2, 0) is 11.3 Å². The van der Waals surface area contributed by atoms with Gasteiger partial charge in [-0.25, -0.2) is 0 Å². The second-order valence-corrected chi connectivity index (χ2v) is 6.39. The summed E-state index contributed by atoms with van der Waals surface area (Å²) in [6.45, 7) is 11.2. The monoisotopic (exact) mass is 296 g/mol. The van der Waals surface area contributed by atoms with Crippen molar-refractivity contribution in [1.29, 1.82) is 0 Å². The predicted octanol–water partition coefficient (Wildman–Crippen LogP) is 3.45. The molecule has 1 heterocycles. The van der Waals surface area contributed by atoms with Crippen LogP contribution in [0, 0.1) is 0 Å². The lowest BCUT2D eigenvalue weighted by atomic mass is 10.1. The fraction of sp³-hybridized carbons (Fsp3) is 0.625. The fourth-order valence-electron chi connectivity index (χ4n) is 2.61. The third-order valence-corrected chi connectivity index (χ3v) is 3.79. The molecule has 2 unspecified atom stereocenters. The molecule has 1 aromatic carbocycles. The minimum absolute atomic E-state index is 0.247. The van der Waals surface area contributed by atoms with E-state index in [2.05, 4.69) is 56.1 Å². The number of halogens is 1. The zero-order valence-electron chi connectivity index (χ0n) is 12.8. The van der Waals surface area contributed by atoms with Gasteiger partial charge in [0.25, 0.3) is 0 Å². The number of rotatable bonds is 4. The van der Waals surface area contributed by atoms with Gasteiger partial charge in [0.15, 0.2) is 0 Å². The molecule has 0 radical (unpaired) electrons. The van der Waals surface area contributed by atoms with Crippen molar-refractivity contribution < 1.29 is 4.74 Å². The Morgan fingerprint density at radius 2 is 1.95 bits per heavy atom. The minimum Gasteiger partial charge on any atom is -0.372 e. The maximum absolute atomic E-state index is 6.46. The highest BCUT2D eigenvalue weighted by molar-refractivity contribution is 6.33. The summed E-state index contributed by atoms with van der Waals surface area (Å²) in [5, 5.41) is 4.24. The molecule has 2 rings (SSSR count). The first kappa shape index (κ1) is 15.6. The summed E-state index contributed by atoms with van der Waals surface area (Å²) in [6.07, 6.45) is 0.495. The van der Waals surface area contributed by atoms with Crippen LogP contribution in [0.2, 0.25) is 5.02 Å². The summed E-state index contributed by atoms with van der Waals surface area (Å²) < 4.78 is 5.77. The zero-order chi connectivity index (χ0) is 14.7. The van der Waals surface area contributed by atoms with E-state index >= 15 is 0 Å². The number of ether oxygens (including phenoxy) is 1. The molecule has 1 N–H and O–H groups in total. The highest BCUT2D eigenvalue weighted by Crippen LogP contribution is 2.29. The van der Waals surface area contributed by atoms with Crippen molar-refractivity contribution in [3.8, 4) is 0 Å². The van der Waals surface area contributed by atoms with Gasteiger partial charge in [-0.2, -0.15) is 0 Å². The maximum Gasteiger partial charge on any atom is 0.0726 e. The van der Waals surface area contributed by atoms with Gasteiger partial charge in [-0.1, -0.05) is 31.5 Å². The summed E-state index contributed by atoms with van der Waals surface area (Å²) in [7, 11) is 0. The van der Waals surface area contributed by atoms with Gasteiger partial charge in [-0.15, -0.1) is 0 Å². The van der Waals surface area contributed by atoms with Crippen molar-refractivity contribution >= 4 is 17.3 Å². The smallest absolute Gasteiger partial charge is 0.0726 e. The van der Waals surface area contributed by atoms with Gasteiger partial charge in [0, 0.05) is 25.7 Å². The minimum atomic E-state index is 0.247. The standard InChI is InChI=1S/C16H25ClN2O/c1-11(2)18-8-14-5-6-16(15(17)7-14)19-9-12(3)20-13(4)10-19/h5-7,11-13,18H,8-10H2,1-4H3. The molecule has 112 valence electrons. The van der Waals surface area contributed by atoms with Gasteiger partial charge >= 0.3 is 0 Å². The molecule has 3 nitrogen and oxygen atoms in total. The topological polar surface area (TPSA) is 24.5 Å². The van der Waals surface area contributed by atoms with E-state index in [0.717, 1.165) is 30.3 Å². The van der Waals surface area contributed by atoms with E-state index in [1.54, 1.807) is 0 Å². The second-order valence-electron chi connectivity index (χ2n) is 5.98. The number of hydrogen-bond acceptors (Lipinski definition) is 3. The van der Waals surface area contributed by atoms with Crippen molar-refractivity contribution in [1.82, 2.24) is 5.32 Å². The van der Waals surface area contributed by atoms with Crippen LogP contribution in [-0.4, -0.2) is 31.3 Å². The molecule has 1 saturated heterocycles. The summed E-state index contributed by atoms with van der Waals surface area (Å²) >= 11 is 6.46. The largest absolute Gasteiger partial charge is 0.372 e. The van der Waals surface area contributed by atoms with Gasteiger partial charge in [0.05, 0.1) is 22.9 Å². The normalized spacial score (nSPS) is 23.4. The van der Waals surface area contributed by atoms with Crippen LogP contribution < -0.4 is 10.2 Å². The van der Waals surface area contributed by atoms with Crippen molar-refractivity contribution in [2.24, 2.45) is 0 Å². The molecular formula is C16H25ClN2O. The van der Waals surface area contributed by atoms with Gasteiger partial charge in [0.2, 0.25) is 0 Å². The lowest BCUT2D eigenvalue weighted by molar-refractivity contribution is -0.00520. The Balaban J connectivity index is 2.09. The Labute approximate surface area is 127 Å². The molecule has 1 fully saturated rings. The van der Waals surface area contributed by atoms with Crippen LogP contribution in [0.1, 0.15) is 33.3 Å². The van der Waals surface area contributed by atoms with E-state index in [1.165, 1.54) is 5.56 Å². The number of anilines is 1. The quantitative estimate of drug-likeness (QED) is 0.921. The van der Waals surface area contributed by atoms with Crippen LogP contribution in [0.15, 0.2) is 18.2 Å². The molecule has 0 amide bonds. The molecule has 1 aromatic rings. The SMILES string of the molecule is CC(C)NCc1ccc(N2CC(C)OC(C)C2)c(Cl)c1. The predicted molar refractivity (Wildman–Crippen MR) is 85.6 cm³/mol. The molecule has 20 heavy (non-hydrogen) atoms. The van der Waals surface area contributed by atoms with Gasteiger partial charge in [0.1, 0.15) is 0 Å². The van der Waals surface area contributed by atoms with Crippen LogP contribution in [0.5, 0.6) is 0 Å². The third-order valence-electron chi connectivity index (χ3n) is 3.49. The molecule has 0 saturated carbocycles. The number of nitrogens with one attached hydrogen (secondary N) is 1. The first-order chi connectivity index (χ1) is 9.45. The van der Waals surface area contributed by atoms with E-state index in [1.807, 2.05) is 0 Å². The summed E-state index contributed by atoms with van der Waals surface area (Å²) in [5.41, 5.74) is 2.34. The third kappa shape index (κ3) is 4.11. The van der Waals surface area contributed by atoms with Crippen molar-refractivity contribution in [3.63, 3.8) is 0 Å². The van der Waals surface area contributed by atoms with Crippen LogP contribution in [0.3, 0.4) is 0 Å². The first-order valence-electron chi connectivity index (χ1n) is 7.38. The Morgan fingerprint density at radius 3 is 2.50 bits per heavy atom. The van der Waals surface area contributed by atoms with E-state index < -0.39 is 0 Å². The van der Waals surface area contributed by atoms with Crippen LogP contribution in [0.4, 0.5) is 5.69 Å². The van der Waals surface area contributed by atoms with Crippen molar-refractivity contribution in [3.05, 3.63) is 28.8 Å². The number of hydrogen-bond donors (Lipinski definition) is 1. The molecule has 1 aliphatic heterocycles. The number of benzene rings is 1. The maximum atomic E-state index is 6.46. The number of morpholine rings is 1. The fourth-order valence-corrected chi connectivity index (χ4v) is 2.94. The molecule has 0 bridgehead atoms. The highest BCUT2D eigenvalue weighted by Gasteiger charge is 2.23.